The molecule has 0 saturated heterocycles. The van der Waals surface area contributed by atoms with Crippen molar-refractivity contribution in [2.24, 2.45) is 0 Å². The highest BCUT2D eigenvalue weighted by molar-refractivity contribution is 5.78. The summed E-state index contributed by atoms with van der Waals surface area (Å²) in [5.74, 6) is 0.694. The number of para-hydroxylation sites is 1. The molecule has 0 saturated carbocycles. The Bertz CT molecular complexity index is 481. The summed E-state index contributed by atoms with van der Waals surface area (Å²) in [5.41, 5.74) is 0.941. The second-order valence-corrected chi connectivity index (χ2v) is 3.94. The fraction of sp³-hybridized carbons (Fsp3) is 0.385. The quantitative estimate of drug-likeness (QED) is 0.853. The molecule has 2 aromatic rings. The van der Waals surface area contributed by atoms with Crippen LogP contribution in [0.25, 0.3) is 10.9 Å². The van der Waals surface area contributed by atoms with E-state index in [0.29, 0.717) is 12.5 Å². The van der Waals surface area contributed by atoms with E-state index in [1.54, 1.807) is 0 Å². The predicted octanol–water partition coefficient (Wildman–Crippen LogP) is 1.84. The highest BCUT2D eigenvalue weighted by Crippen LogP contribution is 2.14. The van der Waals surface area contributed by atoms with Gasteiger partial charge in [0.05, 0.1) is 12.1 Å². The van der Waals surface area contributed by atoms with Crippen LogP contribution >= 0.6 is 0 Å². The monoisotopic (exact) mass is 231 g/mol. The van der Waals surface area contributed by atoms with Crippen molar-refractivity contribution in [3.8, 4) is 0 Å². The fourth-order valence-corrected chi connectivity index (χ4v) is 1.82. The van der Waals surface area contributed by atoms with Gasteiger partial charge in [0.1, 0.15) is 0 Å². The van der Waals surface area contributed by atoms with Gasteiger partial charge in [-0.1, -0.05) is 25.1 Å². The molecule has 90 valence electrons. The minimum absolute atomic E-state index is 0.121. The van der Waals surface area contributed by atoms with Crippen LogP contribution in [0.1, 0.15) is 13.3 Å². The van der Waals surface area contributed by atoms with Crippen molar-refractivity contribution in [2.75, 3.05) is 24.6 Å². The zero-order valence-electron chi connectivity index (χ0n) is 10.0. The van der Waals surface area contributed by atoms with Crippen LogP contribution in [0.2, 0.25) is 0 Å². The van der Waals surface area contributed by atoms with E-state index in [2.05, 4.69) is 16.9 Å². The lowest BCUT2D eigenvalue weighted by Gasteiger charge is -2.20. The molecule has 0 unspecified atom stereocenters. The lowest BCUT2D eigenvalue weighted by Crippen LogP contribution is -2.29. The summed E-state index contributed by atoms with van der Waals surface area (Å²) in [7, 11) is 0. The molecule has 2 rings (SSSR count). The van der Waals surface area contributed by atoms with Crippen LogP contribution in [0.4, 0.5) is 5.95 Å². The van der Waals surface area contributed by atoms with Crippen molar-refractivity contribution in [3.05, 3.63) is 30.5 Å². The first kappa shape index (κ1) is 11.8. The van der Waals surface area contributed by atoms with Gasteiger partial charge in [0, 0.05) is 24.7 Å². The van der Waals surface area contributed by atoms with Crippen molar-refractivity contribution in [2.45, 2.75) is 13.3 Å². The molecular weight excluding hydrogens is 214 g/mol. The molecule has 0 fully saturated rings. The van der Waals surface area contributed by atoms with E-state index in [4.69, 9.17) is 5.11 Å². The molecule has 0 spiro atoms. The predicted molar refractivity (Wildman–Crippen MR) is 69.1 cm³/mol. The highest BCUT2D eigenvalue weighted by Gasteiger charge is 2.08. The third-order valence-corrected chi connectivity index (χ3v) is 2.62. The summed E-state index contributed by atoms with van der Waals surface area (Å²) in [6, 6.07) is 7.91. The average Bonchev–Trinajstić information content (AvgIpc) is 2.38. The van der Waals surface area contributed by atoms with Crippen LogP contribution in [-0.2, 0) is 0 Å². The lowest BCUT2D eigenvalue weighted by atomic mass is 10.2. The smallest absolute Gasteiger partial charge is 0.225 e. The summed E-state index contributed by atoms with van der Waals surface area (Å²) >= 11 is 0. The molecular formula is C13H17N3O. The summed E-state index contributed by atoms with van der Waals surface area (Å²) < 4.78 is 0. The molecule has 1 aromatic carbocycles. The first-order valence-corrected chi connectivity index (χ1v) is 5.92. The van der Waals surface area contributed by atoms with Crippen LogP contribution in [0.3, 0.4) is 0 Å². The Morgan fingerprint density at radius 3 is 2.82 bits per heavy atom. The standard InChI is InChI=1S/C13H17N3O/c1-2-7-16(8-9-17)13-14-10-11-5-3-4-6-12(11)15-13/h3-6,10,17H,2,7-9H2,1H3. The van der Waals surface area contributed by atoms with Crippen molar-refractivity contribution < 1.29 is 5.11 Å². The number of fused-ring (bicyclic) bond motifs is 1. The zero-order valence-corrected chi connectivity index (χ0v) is 10.0. The topological polar surface area (TPSA) is 49.2 Å². The van der Waals surface area contributed by atoms with Crippen LogP contribution in [0.5, 0.6) is 0 Å². The number of aliphatic hydroxyl groups is 1. The molecule has 1 aromatic heterocycles. The van der Waals surface area contributed by atoms with Gasteiger partial charge in [-0.25, -0.2) is 9.97 Å². The van der Waals surface area contributed by atoms with Gasteiger partial charge in [-0.2, -0.15) is 0 Å². The second kappa shape index (κ2) is 5.59. The molecule has 4 heteroatoms. The van der Waals surface area contributed by atoms with E-state index in [-0.39, 0.29) is 6.61 Å². The minimum Gasteiger partial charge on any atom is -0.395 e. The largest absolute Gasteiger partial charge is 0.395 e. The summed E-state index contributed by atoms with van der Waals surface area (Å²) in [4.78, 5) is 10.9. The van der Waals surface area contributed by atoms with Crippen molar-refractivity contribution in [3.63, 3.8) is 0 Å². The molecule has 17 heavy (non-hydrogen) atoms. The first-order chi connectivity index (χ1) is 8.35. The lowest BCUT2D eigenvalue weighted by molar-refractivity contribution is 0.301. The first-order valence-electron chi connectivity index (χ1n) is 5.92. The third-order valence-electron chi connectivity index (χ3n) is 2.62. The third kappa shape index (κ3) is 2.71. The van der Waals surface area contributed by atoms with Gasteiger partial charge in [0.2, 0.25) is 5.95 Å². The van der Waals surface area contributed by atoms with Gasteiger partial charge in [-0.15, -0.1) is 0 Å². The van der Waals surface area contributed by atoms with Crippen LogP contribution in [0, 0.1) is 0 Å². The Morgan fingerprint density at radius 2 is 2.06 bits per heavy atom. The van der Waals surface area contributed by atoms with Gasteiger partial charge < -0.3 is 10.0 Å². The molecule has 4 nitrogen and oxygen atoms in total. The van der Waals surface area contributed by atoms with Gasteiger partial charge in [-0.05, 0) is 12.5 Å². The molecule has 0 aliphatic heterocycles. The molecule has 1 N–H and O–H groups in total. The summed E-state index contributed by atoms with van der Waals surface area (Å²) in [6.45, 7) is 3.66. The molecule has 0 aliphatic rings. The minimum atomic E-state index is 0.121. The number of benzene rings is 1. The second-order valence-electron chi connectivity index (χ2n) is 3.94. The molecule has 0 atom stereocenters. The Hall–Kier alpha value is -1.68. The maximum absolute atomic E-state index is 9.04. The number of anilines is 1. The van der Waals surface area contributed by atoms with Crippen molar-refractivity contribution >= 4 is 16.9 Å². The summed E-state index contributed by atoms with van der Waals surface area (Å²) in [5, 5.41) is 10.1. The van der Waals surface area contributed by atoms with Gasteiger partial charge >= 0.3 is 0 Å². The number of rotatable bonds is 5. The SMILES string of the molecule is CCCN(CCO)c1ncc2ccccc2n1. The van der Waals surface area contributed by atoms with E-state index in [1.165, 1.54) is 0 Å². The number of hydrogen-bond donors (Lipinski definition) is 1. The Kier molecular flexibility index (Phi) is 3.88. The Balaban J connectivity index is 2.32. The van der Waals surface area contributed by atoms with Crippen LogP contribution in [0.15, 0.2) is 30.5 Å². The molecule has 0 amide bonds. The number of aliphatic hydroxyl groups excluding tert-OH is 1. The molecule has 1 heterocycles. The Labute approximate surface area is 101 Å². The van der Waals surface area contributed by atoms with E-state index in [9.17, 15) is 0 Å². The molecule has 0 radical (unpaired) electrons. The van der Waals surface area contributed by atoms with Crippen LogP contribution < -0.4 is 4.90 Å². The van der Waals surface area contributed by atoms with Crippen molar-refractivity contribution in [1.29, 1.82) is 0 Å². The van der Waals surface area contributed by atoms with Crippen molar-refractivity contribution in [1.82, 2.24) is 9.97 Å². The van der Waals surface area contributed by atoms with Gasteiger partial charge in [0.15, 0.2) is 0 Å². The van der Waals surface area contributed by atoms with E-state index in [1.807, 2.05) is 35.4 Å². The molecule has 0 aliphatic carbocycles. The van der Waals surface area contributed by atoms with Crippen LogP contribution in [-0.4, -0.2) is 34.8 Å². The van der Waals surface area contributed by atoms with Gasteiger partial charge in [0.25, 0.3) is 0 Å². The highest BCUT2D eigenvalue weighted by atomic mass is 16.3. The zero-order chi connectivity index (χ0) is 12.1. The number of hydrogen-bond acceptors (Lipinski definition) is 4. The summed E-state index contributed by atoms with van der Waals surface area (Å²) in [6.07, 6.45) is 2.84. The molecule has 0 bridgehead atoms. The Morgan fingerprint density at radius 1 is 1.24 bits per heavy atom. The number of aromatic nitrogens is 2. The number of nitrogens with zero attached hydrogens (tertiary/aromatic N) is 3. The average molecular weight is 231 g/mol. The van der Waals surface area contributed by atoms with Gasteiger partial charge in [-0.3, -0.25) is 0 Å². The van der Waals surface area contributed by atoms with E-state index >= 15 is 0 Å². The van der Waals surface area contributed by atoms with E-state index < -0.39 is 0 Å². The maximum Gasteiger partial charge on any atom is 0.225 e. The fourth-order valence-electron chi connectivity index (χ4n) is 1.82. The maximum atomic E-state index is 9.04. The normalized spacial score (nSPS) is 10.7. The van der Waals surface area contributed by atoms with E-state index in [0.717, 1.165) is 23.9 Å².